The average Bonchev–Trinajstić information content (AvgIpc) is 0.811. The van der Waals surface area contributed by atoms with Gasteiger partial charge in [-0.1, -0.05) is 0 Å². The molecule has 32 valence electrons. The van der Waals surface area contributed by atoms with Crippen molar-refractivity contribution in [2.24, 2.45) is 0 Å². The third kappa shape index (κ3) is 118. The van der Waals surface area contributed by atoms with Crippen LogP contribution in [-0.4, -0.2) is 6.16 Å². The molecule has 0 spiro atoms. The third-order valence-corrected chi connectivity index (χ3v) is 0. The molecule has 0 atom stereocenters. The van der Waals surface area contributed by atoms with Crippen molar-refractivity contribution in [3.8, 4) is 0 Å². The minimum absolute atomic E-state index is 0. The molecule has 0 fully saturated rings. The fourth-order valence-electron chi connectivity index (χ4n) is 0. The molecule has 5 heteroatoms. The second-order valence-electron chi connectivity index (χ2n) is 0.250. The Hall–Kier alpha value is 0.755. The molecule has 0 aliphatic heterocycles. The van der Waals surface area contributed by atoms with Crippen molar-refractivity contribution in [2.45, 2.75) is 0 Å². The Labute approximate surface area is 68.7 Å². The summed E-state index contributed by atoms with van der Waals surface area (Å²) in [4.78, 5) is 8.33. The molecular formula is CClLaO3. The molecule has 0 radical (unpaired) electrons. The van der Waals surface area contributed by atoms with Crippen LogP contribution < -0.4 is 22.6 Å². The van der Waals surface area contributed by atoms with Gasteiger partial charge in [0.15, 0.2) is 0 Å². The molecular weight excluding hydrogens is 234 g/mol. The monoisotopic (exact) mass is 234 g/mol. The zero-order valence-corrected chi connectivity index (χ0v) is 7.06. The van der Waals surface area contributed by atoms with Crippen LogP contribution in [0.1, 0.15) is 0 Å². The Morgan fingerprint density at radius 1 is 1.33 bits per heavy atom. The maximum Gasteiger partial charge on any atom is 3.00 e. The summed E-state index contributed by atoms with van der Waals surface area (Å²) < 4.78 is 0. The largest absolute Gasteiger partial charge is 3.00 e. The predicted molar refractivity (Wildman–Crippen MR) is 5.40 cm³/mol. The van der Waals surface area contributed by atoms with Gasteiger partial charge < -0.3 is 27.4 Å². The smallest absolute Gasteiger partial charge is 1.00 e. The SMILES string of the molecule is O=C([O-])[O-].[Cl-].[La+3]. The standard InChI is InChI=1S/CH2O3.ClH.La/c2-1(3)4;;/h(H2,2,3,4);1H;/q;;+3/p-3. The van der Waals surface area contributed by atoms with Gasteiger partial charge >= 0.3 is 35.6 Å². The van der Waals surface area contributed by atoms with E-state index < -0.39 is 6.16 Å². The number of rotatable bonds is 0. The molecule has 0 unspecified atom stereocenters. The van der Waals surface area contributed by atoms with Gasteiger partial charge in [0.25, 0.3) is 0 Å². The molecule has 0 aromatic rings. The molecule has 0 aromatic carbocycles. The third-order valence-electron chi connectivity index (χ3n) is 0. The number of hydrogen-bond acceptors (Lipinski definition) is 3. The van der Waals surface area contributed by atoms with Crippen LogP contribution >= 0.6 is 0 Å². The van der Waals surface area contributed by atoms with Crippen molar-refractivity contribution >= 4 is 6.16 Å². The molecule has 0 bridgehead atoms. The summed E-state index contributed by atoms with van der Waals surface area (Å²) in [6.07, 6.45) is -2.33. The summed E-state index contributed by atoms with van der Waals surface area (Å²) in [5, 5.41) is 16.7. The first-order valence-electron chi connectivity index (χ1n) is 0.612. The Kier molecular flexibility index (Phi) is 24.4. The molecule has 0 rings (SSSR count). The van der Waals surface area contributed by atoms with E-state index in [0.29, 0.717) is 0 Å². The summed E-state index contributed by atoms with van der Waals surface area (Å²) in [5.41, 5.74) is 0. The van der Waals surface area contributed by atoms with E-state index in [2.05, 4.69) is 0 Å². The van der Waals surface area contributed by atoms with Crippen LogP contribution in [0.25, 0.3) is 0 Å². The van der Waals surface area contributed by atoms with Crippen molar-refractivity contribution in [3.05, 3.63) is 0 Å². The van der Waals surface area contributed by atoms with Crippen molar-refractivity contribution in [3.63, 3.8) is 0 Å². The molecule has 0 saturated heterocycles. The minimum Gasteiger partial charge on any atom is -1.00 e. The van der Waals surface area contributed by atoms with E-state index in [0.717, 1.165) is 0 Å². The van der Waals surface area contributed by atoms with E-state index in [9.17, 15) is 0 Å². The van der Waals surface area contributed by atoms with Crippen LogP contribution in [0.4, 0.5) is 4.79 Å². The van der Waals surface area contributed by atoms with Gasteiger partial charge in [0, 0.05) is 0 Å². The molecule has 0 N–H and O–H groups in total. The number of carbonyl (C=O) groups excluding carboxylic acids is 1. The zero-order chi connectivity index (χ0) is 3.58. The van der Waals surface area contributed by atoms with E-state index >= 15 is 0 Å². The Balaban J connectivity index is -0.0000000450. The minimum atomic E-state index is -2.33. The van der Waals surface area contributed by atoms with E-state index in [-0.39, 0.29) is 48.0 Å². The number of carboxylic acid groups (broad SMARTS) is 2. The van der Waals surface area contributed by atoms with E-state index in [4.69, 9.17) is 15.0 Å². The van der Waals surface area contributed by atoms with Crippen molar-refractivity contribution in [1.29, 1.82) is 0 Å². The van der Waals surface area contributed by atoms with Crippen molar-refractivity contribution in [2.75, 3.05) is 0 Å². The molecule has 0 aliphatic rings. The molecule has 3 nitrogen and oxygen atoms in total. The Bertz CT molecular complexity index is 33.8. The first-order valence-corrected chi connectivity index (χ1v) is 0.612. The number of carbonyl (C=O) groups is 1. The first kappa shape index (κ1) is 15.9. The van der Waals surface area contributed by atoms with Gasteiger partial charge in [-0.3, -0.25) is 0 Å². The maximum absolute atomic E-state index is 8.33. The molecule has 6 heavy (non-hydrogen) atoms. The average molecular weight is 234 g/mol. The first-order chi connectivity index (χ1) is 1.73. The zero-order valence-electron chi connectivity index (χ0n) is 2.68. The number of hydrogen-bond donors (Lipinski definition) is 0. The molecule has 0 amide bonds. The second-order valence-corrected chi connectivity index (χ2v) is 0.250. The van der Waals surface area contributed by atoms with E-state index in [1.54, 1.807) is 0 Å². The van der Waals surface area contributed by atoms with Gasteiger partial charge in [0.2, 0.25) is 0 Å². The Morgan fingerprint density at radius 2 is 1.33 bits per heavy atom. The van der Waals surface area contributed by atoms with Gasteiger partial charge in [-0.05, 0) is 6.16 Å². The van der Waals surface area contributed by atoms with E-state index in [1.165, 1.54) is 0 Å². The normalized spacial score (nSPS) is 4.00. The van der Waals surface area contributed by atoms with E-state index in [1.807, 2.05) is 0 Å². The van der Waals surface area contributed by atoms with Gasteiger partial charge in [-0.25, -0.2) is 0 Å². The summed E-state index contributed by atoms with van der Waals surface area (Å²) in [6.45, 7) is 0. The second kappa shape index (κ2) is 9.23. The van der Waals surface area contributed by atoms with Crippen LogP contribution in [0, 0.1) is 35.6 Å². The van der Waals surface area contributed by atoms with Gasteiger partial charge in [-0.15, -0.1) is 0 Å². The summed E-state index contributed by atoms with van der Waals surface area (Å²) in [7, 11) is 0. The molecule has 0 aliphatic carbocycles. The van der Waals surface area contributed by atoms with Crippen molar-refractivity contribution < 1.29 is 63.0 Å². The number of halogens is 1. The summed E-state index contributed by atoms with van der Waals surface area (Å²) >= 11 is 0. The predicted octanol–water partition coefficient (Wildman–Crippen LogP) is -5.44. The fraction of sp³-hybridized carbons (Fsp3) is 0. The van der Waals surface area contributed by atoms with Crippen LogP contribution in [0.5, 0.6) is 0 Å². The molecule has 0 heterocycles. The van der Waals surface area contributed by atoms with Crippen molar-refractivity contribution in [1.82, 2.24) is 0 Å². The topological polar surface area (TPSA) is 63.2 Å². The quantitative estimate of drug-likeness (QED) is 0.420. The van der Waals surface area contributed by atoms with Crippen LogP contribution in [0.2, 0.25) is 0 Å². The molecule has 0 saturated carbocycles. The van der Waals surface area contributed by atoms with Gasteiger partial charge in [-0.2, -0.15) is 0 Å². The summed E-state index contributed by atoms with van der Waals surface area (Å²) in [6, 6.07) is 0. The molecule has 0 aromatic heterocycles. The van der Waals surface area contributed by atoms with Gasteiger partial charge in [0.05, 0.1) is 0 Å². The Morgan fingerprint density at radius 3 is 1.33 bits per heavy atom. The van der Waals surface area contributed by atoms with Crippen LogP contribution in [-0.2, 0) is 0 Å². The van der Waals surface area contributed by atoms with Crippen LogP contribution in [0.15, 0.2) is 0 Å². The summed E-state index contributed by atoms with van der Waals surface area (Å²) in [5.74, 6) is 0. The maximum atomic E-state index is 8.33. The fourth-order valence-corrected chi connectivity index (χ4v) is 0. The van der Waals surface area contributed by atoms with Crippen LogP contribution in [0.3, 0.4) is 0 Å². The van der Waals surface area contributed by atoms with Gasteiger partial charge in [0.1, 0.15) is 0 Å².